The number of aromatic amines is 1. The van der Waals surface area contributed by atoms with Crippen LogP contribution in [0.3, 0.4) is 0 Å². The predicted octanol–water partition coefficient (Wildman–Crippen LogP) is 2.19. The minimum atomic E-state index is -1.16. The molecule has 0 unspecified atom stereocenters. The molecule has 2 aromatic rings. The Bertz CT molecular complexity index is 749. The van der Waals surface area contributed by atoms with Crippen molar-refractivity contribution in [1.82, 2.24) is 9.55 Å². The number of para-hydroxylation sites is 1. The second kappa shape index (κ2) is 5.01. The Morgan fingerprint density at radius 3 is 2.68 bits per heavy atom. The highest BCUT2D eigenvalue weighted by atomic mass is 35.5. The lowest BCUT2D eigenvalue weighted by atomic mass is 10.1. The molecule has 0 aliphatic rings. The molecule has 0 aliphatic carbocycles. The third-order valence-corrected chi connectivity index (χ3v) is 3.19. The Morgan fingerprint density at radius 2 is 2.05 bits per heavy atom. The maximum absolute atomic E-state index is 13.6. The van der Waals surface area contributed by atoms with Gasteiger partial charge in [0.05, 0.1) is 5.69 Å². The number of nitrogens with one attached hydrogen (secondary N) is 1. The van der Waals surface area contributed by atoms with Gasteiger partial charge in [-0.05, 0) is 24.5 Å². The Balaban J connectivity index is 2.92. The lowest BCUT2D eigenvalue weighted by Gasteiger charge is -2.13. The zero-order valence-electron chi connectivity index (χ0n) is 10.5. The molecule has 0 radical (unpaired) electrons. The molecule has 0 saturated carbocycles. The van der Waals surface area contributed by atoms with Gasteiger partial charge in [-0.15, -0.1) is 0 Å². The first-order valence-corrected chi connectivity index (χ1v) is 6.14. The van der Waals surface area contributed by atoms with E-state index >= 15 is 0 Å². The lowest BCUT2D eigenvalue weighted by molar-refractivity contribution is 0.583. The maximum atomic E-state index is 13.6. The first-order valence-electron chi connectivity index (χ1n) is 5.76. The summed E-state index contributed by atoms with van der Waals surface area (Å²) in [6.45, 7) is 3.65. The van der Waals surface area contributed by atoms with Gasteiger partial charge in [-0.3, -0.25) is 9.78 Å². The molecule has 1 aromatic heterocycles. The summed E-state index contributed by atoms with van der Waals surface area (Å²) < 4.78 is 14.4. The zero-order chi connectivity index (χ0) is 14.2. The van der Waals surface area contributed by atoms with Crippen LogP contribution in [0.15, 0.2) is 27.8 Å². The van der Waals surface area contributed by atoms with Gasteiger partial charge in [0, 0.05) is 0 Å². The first-order chi connectivity index (χ1) is 8.97. The third kappa shape index (κ3) is 2.21. The molecule has 0 spiro atoms. The topological polar surface area (TPSA) is 54.9 Å². The highest BCUT2D eigenvalue weighted by Gasteiger charge is 2.17. The van der Waals surface area contributed by atoms with Crippen LogP contribution in [-0.4, -0.2) is 9.55 Å². The van der Waals surface area contributed by atoms with Crippen LogP contribution in [-0.2, 0) is 6.42 Å². The molecule has 0 saturated heterocycles. The summed E-state index contributed by atoms with van der Waals surface area (Å²) in [7, 11) is 0. The lowest BCUT2D eigenvalue weighted by Crippen LogP contribution is -2.36. The SMILES string of the molecule is CCc1cccc(C)c1-n1c(=O)[nH]c(Cl)c(F)c1=O. The molecule has 4 nitrogen and oxygen atoms in total. The van der Waals surface area contributed by atoms with E-state index in [9.17, 15) is 14.0 Å². The summed E-state index contributed by atoms with van der Waals surface area (Å²) in [4.78, 5) is 25.9. The van der Waals surface area contributed by atoms with Crippen LogP contribution in [0.2, 0.25) is 5.15 Å². The molecule has 0 atom stereocenters. The average molecular weight is 283 g/mol. The molecule has 1 heterocycles. The standard InChI is InChI=1S/C13H12ClFN2O2/c1-3-8-6-4-5-7(2)10(8)17-12(18)9(15)11(14)16-13(17)19/h4-6H,3H2,1-2H3,(H,16,19). The fourth-order valence-electron chi connectivity index (χ4n) is 2.02. The van der Waals surface area contributed by atoms with Crippen molar-refractivity contribution in [3.05, 3.63) is 61.1 Å². The number of hydrogen-bond acceptors (Lipinski definition) is 2. The number of aromatic nitrogens is 2. The van der Waals surface area contributed by atoms with Gasteiger partial charge >= 0.3 is 5.69 Å². The number of nitrogens with zero attached hydrogens (tertiary/aromatic N) is 1. The van der Waals surface area contributed by atoms with Crippen LogP contribution in [0.1, 0.15) is 18.1 Å². The van der Waals surface area contributed by atoms with Crippen molar-refractivity contribution in [3.63, 3.8) is 0 Å². The molecule has 0 amide bonds. The summed E-state index contributed by atoms with van der Waals surface area (Å²) >= 11 is 5.45. The van der Waals surface area contributed by atoms with Crippen LogP contribution < -0.4 is 11.2 Å². The Hall–Kier alpha value is -1.88. The van der Waals surface area contributed by atoms with Gasteiger partial charge in [0.25, 0.3) is 5.56 Å². The van der Waals surface area contributed by atoms with Gasteiger partial charge in [-0.1, -0.05) is 36.7 Å². The van der Waals surface area contributed by atoms with Crippen molar-refractivity contribution in [1.29, 1.82) is 0 Å². The minimum absolute atomic E-state index is 0.409. The molecule has 0 aliphatic heterocycles. The van der Waals surface area contributed by atoms with E-state index in [0.29, 0.717) is 17.7 Å². The van der Waals surface area contributed by atoms with Crippen LogP contribution in [0.25, 0.3) is 5.69 Å². The molecule has 1 N–H and O–H groups in total. The van der Waals surface area contributed by atoms with Crippen LogP contribution in [0.4, 0.5) is 4.39 Å². The smallest absolute Gasteiger partial charge is 0.295 e. The summed E-state index contributed by atoms with van der Waals surface area (Å²) in [5, 5.41) is -0.571. The van der Waals surface area contributed by atoms with Crippen LogP contribution in [0.5, 0.6) is 0 Å². The van der Waals surface area contributed by atoms with E-state index in [-0.39, 0.29) is 0 Å². The van der Waals surface area contributed by atoms with E-state index in [1.807, 2.05) is 13.0 Å². The number of benzene rings is 1. The number of H-pyrrole nitrogens is 1. The fraction of sp³-hybridized carbons (Fsp3) is 0.231. The number of hydrogen-bond donors (Lipinski definition) is 1. The van der Waals surface area contributed by atoms with Gasteiger partial charge in [0.1, 0.15) is 0 Å². The number of halogens is 2. The maximum Gasteiger partial charge on any atom is 0.334 e. The highest BCUT2D eigenvalue weighted by Crippen LogP contribution is 2.17. The van der Waals surface area contributed by atoms with Gasteiger partial charge in [-0.25, -0.2) is 9.36 Å². The Kier molecular flexibility index (Phi) is 3.57. The van der Waals surface area contributed by atoms with Crippen molar-refractivity contribution < 1.29 is 4.39 Å². The number of rotatable bonds is 2. The Labute approximate surface area is 113 Å². The van der Waals surface area contributed by atoms with Gasteiger partial charge in [0.2, 0.25) is 5.82 Å². The predicted molar refractivity (Wildman–Crippen MR) is 71.7 cm³/mol. The highest BCUT2D eigenvalue weighted by molar-refractivity contribution is 6.29. The first kappa shape index (κ1) is 13.5. The summed E-state index contributed by atoms with van der Waals surface area (Å²) in [6, 6.07) is 5.37. The molecular formula is C13H12ClFN2O2. The molecule has 1 aromatic carbocycles. The van der Waals surface area contributed by atoms with Crippen LogP contribution >= 0.6 is 11.6 Å². The summed E-state index contributed by atoms with van der Waals surface area (Å²) in [5.41, 5.74) is 0.118. The molecule has 19 heavy (non-hydrogen) atoms. The van der Waals surface area contributed by atoms with E-state index in [0.717, 1.165) is 10.1 Å². The van der Waals surface area contributed by atoms with Gasteiger partial charge < -0.3 is 0 Å². The second-order valence-corrected chi connectivity index (χ2v) is 4.51. The van der Waals surface area contributed by atoms with Gasteiger partial charge in [-0.2, -0.15) is 4.39 Å². The second-order valence-electron chi connectivity index (χ2n) is 4.13. The molecule has 0 fully saturated rings. The molecule has 6 heteroatoms. The number of aryl methyl sites for hydroxylation is 2. The molecule has 2 rings (SSSR count). The van der Waals surface area contributed by atoms with E-state index in [1.165, 1.54) is 0 Å². The fourth-order valence-corrected chi connectivity index (χ4v) is 2.18. The van der Waals surface area contributed by atoms with E-state index in [2.05, 4.69) is 4.98 Å². The van der Waals surface area contributed by atoms with Crippen molar-refractivity contribution in [3.8, 4) is 5.69 Å². The summed E-state index contributed by atoms with van der Waals surface area (Å²) in [5.74, 6) is -1.16. The van der Waals surface area contributed by atoms with E-state index in [1.54, 1.807) is 19.1 Å². The summed E-state index contributed by atoms with van der Waals surface area (Å²) in [6.07, 6.45) is 0.618. The van der Waals surface area contributed by atoms with Crippen molar-refractivity contribution in [2.24, 2.45) is 0 Å². The quantitative estimate of drug-likeness (QED) is 0.859. The monoisotopic (exact) mass is 282 g/mol. The minimum Gasteiger partial charge on any atom is -0.295 e. The Morgan fingerprint density at radius 1 is 1.37 bits per heavy atom. The van der Waals surface area contributed by atoms with E-state index in [4.69, 9.17) is 11.6 Å². The van der Waals surface area contributed by atoms with Crippen molar-refractivity contribution in [2.75, 3.05) is 0 Å². The molecular weight excluding hydrogens is 271 g/mol. The molecule has 100 valence electrons. The van der Waals surface area contributed by atoms with Crippen LogP contribution in [0, 0.1) is 12.7 Å². The van der Waals surface area contributed by atoms with Crippen molar-refractivity contribution >= 4 is 11.6 Å². The van der Waals surface area contributed by atoms with E-state index < -0.39 is 22.2 Å². The average Bonchev–Trinajstić information content (AvgIpc) is 2.38. The third-order valence-electron chi connectivity index (χ3n) is 2.93. The van der Waals surface area contributed by atoms with Gasteiger partial charge in [0.15, 0.2) is 5.15 Å². The zero-order valence-corrected chi connectivity index (χ0v) is 11.2. The normalized spacial score (nSPS) is 10.7. The van der Waals surface area contributed by atoms with Crippen molar-refractivity contribution in [2.45, 2.75) is 20.3 Å². The molecule has 0 bridgehead atoms. The largest absolute Gasteiger partial charge is 0.334 e.